The van der Waals surface area contributed by atoms with E-state index in [1.54, 1.807) is 0 Å². The second-order valence-electron chi connectivity index (χ2n) is 11.7. The predicted molar refractivity (Wildman–Crippen MR) is 189 cm³/mol. The Bertz CT molecular complexity index is 1910. The number of rotatable bonds is 7. The molecule has 212 valence electrons. The van der Waals surface area contributed by atoms with Gasteiger partial charge in [0.2, 0.25) is 0 Å². The SMILES string of the molecule is CC(C)c1ccc2cc(N(c3ccc(-c4ccccc4)cc3)c3ccc(-c4ccccc4)cc3)cc(-c3ccccc3)c2c1. The summed E-state index contributed by atoms with van der Waals surface area (Å²) in [6.07, 6.45) is 0. The Morgan fingerprint density at radius 1 is 0.386 bits per heavy atom. The largest absolute Gasteiger partial charge is 0.310 e. The topological polar surface area (TPSA) is 3.24 Å². The lowest BCUT2D eigenvalue weighted by Crippen LogP contribution is -2.10. The fourth-order valence-electron chi connectivity index (χ4n) is 6.02. The normalized spacial score (nSPS) is 11.2. The van der Waals surface area contributed by atoms with E-state index in [-0.39, 0.29) is 0 Å². The van der Waals surface area contributed by atoms with Crippen LogP contribution in [0.5, 0.6) is 0 Å². The Morgan fingerprint density at radius 2 is 0.841 bits per heavy atom. The zero-order valence-electron chi connectivity index (χ0n) is 25.2. The molecule has 0 aliphatic carbocycles. The van der Waals surface area contributed by atoms with Gasteiger partial charge >= 0.3 is 0 Å². The van der Waals surface area contributed by atoms with Crippen molar-refractivity contribution < 1.29 is 0 Å². The third-order valence-electron chi connectivity index (χ3n) is 8.44. The number of fused-ring (bicyclic) bond motifs is 1. The van der Waals surface area contributed by atoms with E-state index in [4.69, 9.17) is 0 Å². The molecule has 7 aromatic rings. The van der Waals surface area contributed by atoms with Gasteiger partial charge in [0, 0.05) is 17.1 Å². The molecule has 0 N–H and O–H groups in total. The molecule has 1 heteroatoms. The smallest absolute Gasteiger partial charge is 0.0474 e. The first-order valence-corrected chi connectivity index (χ1v) is 15.4. The van der Waals surface area contributed by atoms with Gasteiger partial charge in [0.25, 0.3) is 0 Å². The van der Waals surface area contributed by atoms with Gasteiger partial charge in [-0.2, -0.15) is 0 Å². The summed E-state index contributed by atoms with van der Waals surface area (Å²) in [5.74, 6) is 0.463. The Balaban J connectivity index is 1.40. The van der Waals surface area contributed by atoms with E-state index in [0.29, 0.717) is 5.92 Å². The van der Waals surface area contributed by atoms with Gasteiger partial charge in [0.1, 0.15) is 0 Å². The first-order valence-electron chi connectivity index (χ1n) is 15.4. The molecule has 44 heavy (non-hydrogen) atoms. The molecule has 0 saturated carbocycles. The van der Waals surface area contributed by atoms with Crippen molar-refractivity contribution in [1.29, 1.82) is 0 Å². The van der Waals surface area contributed by atoms with Gasteiger partial charge in [-0.15, -0.1) is 0 Å². The van der Waals surface area contributed by atoms with E-state index in [0.717, 1.165) is 17.1 Å². The lowest BCUT2D eigenvalue weighted by atomic mass is 9.92. The van der Waals surface area contributed by atoms with Crippen molar-refractivity contribution in [2.45, 2.75) is 19.8 Å². The molecular weight excluding hydrogens is 530 g/mol. The van der Waals surface area contributed by atoms with Crippen LogP contribution in [0.2, 0.25) is 0 Å². The lowest BCUT2D eigenvalue weighted by Gasteiger charge is -2.27. The highest BCUT2D eigenvalue weighted by Crippen LogP contribution is 2.41. The minimum absolute atomic E-state index is 0.463. The lowest BCUT2D eigenvalue weighted by molar-refractivity contribution is 0.869. The molecule has 7 rings (SSSR count). The molecule has 0 bridgehead atoms. The summed E-state index contributed by atoms with van der Waals surface area (Å²) in [5, 5.41) is 2.52. The Labute approximate surface area is 260 Å². The maximum absolute atomic E-state index is 2.38. The van der Waals surface area contributed by atoms with Gasteiger partial charge in [0.05, 0.1) is 0 Å². The van der Waals surface area contributed by atoms with Crippen molar-refractivity contribution in [2.24, 2.45) is 0 Å². The van der Waals surface area contributed by atoms with Crippen LogP contribution in [0.3, 0.4) is 0 Å². The van der Waals surface area contributed by atoms with Crippen LogP contribution < -0.4 is 4.90 Å². The highest BCUT2D eigenvalue weighted by Gasteiger charge is 2.17. The van der Waals surface area contributed by atoms with Crippen LogP contribution in [0.1, 0.15) is 25.3 Å². The minimum Gasteiger partial charge on any atom is -0.310 e. The average Bonchev–Trinajstić information content (AvgIpc) is 3.09. The maximum atomic E-state index is 2.38. The van der Waals surface area contributed by atoms with Crippen molar-refractivity contribution in [2.75, 3.05) is 4.90 Å². The van der Waals surface area contributed by atoms with Crippen LogP contribution in [0.15, 0.2) is 170 Å². The molecule has 0 unspecified atom stereocenters. The van der Waals surface area contributed by atoms with E-state index in [2.05, 4.69) is 189 Å². The van der Waals surface area contributed by atoms with Gasteiger partial charge in [0.15, 0.2) is 0 Å². The second kappa shape index (κ2) is 12.1. The second-order valence-corrected chi connectivity index (χ2v) is 11.7. The zero-order valence-corrected chi connectivity index (χ0v) is 25.2. The number of hydrogen-bond donors (Lipinski definition) is 0. The van der Waals surface area contributed by atoms with E-state index in [9.17, 15) is 0 Å². The van der Waals surface area contributed by atoms with Crippen LogP contribution in [0, 0.1) is 0 Å². The number of hydrogen-bond acceptors (Lipinski definition) is 1. The van der Waals surface area contributed by atoms with Crippen LogP contribution in [0.4, 0.5) is 17.1 Å². The van der Waals surface area contributed by atoms with Gasteiger partial charge in [-0.3, -0.25) is 0 Å². The fourth-order valence-corrected chi connectivity index (χ4v) is 6.02. The molecule has 1 nitrogen and oxygen atoms in total. The molecule has 0 atom stereocenters. The maximum Gasteiger partial charge on any atom is 0.0474 e. The molecule has 0 aliphatic rings. The molecule has 0 heterocycles. The number of benzene rings is 7. The quantitative estimate of drug-likeness (QED) is 0.186. The van der Waals surface area contributed by atoms with E-state index >= 15 is 0 Å². The molecule has 0 radical (unpaired) electrons. The van der Waals surface area contributed by atoms with Crippen LogP contribution in [-0.2, 0) is 0 Å². The summed E-state index contributed by atoms with van der Waals surface area (Å²) >= 11 is 0. The third-order valence-corrected chi connectivity index (χ3v) is 8.44. The first kappa shape index (κ1) is 27.4. The van der Waals surface area contributed by atoms with E-state index in [1.165, 1.54) is 49.7 Å². The molecule has 0 aliphatic heterocycles. The molecule has 7 aromatic carbocycles. The van der Waals surface area contributed by atoms with Crippen LogP contribution in [0.25, 0.3) is 44.2 Å². The Morgan fingerprint density at radius 3 is 1.32 bits per heavy atom. The van der Waals surface area contributed by atoms with Crippen molar-refractivity contribution in [3.63, 3.8) is 0 Å². The fraction of sp³-hybridized carbons (Fsp3) is 0.0698. The molecule has 0 fully saturated rings. The van der Waals surface area contributed by atoms with Gasteiger partial charge < -0.3 is 4.90 Å². The van der Waals surface area contributed by atoms with Gasteiger partial charge in [-0.25, -0.2) is 0 Å². The molecule has 0 amide bonds. The van der Waals surface area contributed by atoms with E-state index < -0.39 is 0 Å². The van der Waals surface area contributed by atoms with Gasteiger partial charge in [-0.1, -0.05) is 147 Å². The summed E-state index contributed by atoms with van der Waals surface area (Å²) in [4.78, 5) is 2.38. The standard InChI is InChI=1S/C43H35N/c1-31(2)37-18-19-38-28-41(30-43(42(38)29-37)36-16-10-5-11-17-36)44(39-24-20-34(21-25-39)32-12-6-3-7-13-32)40-26-22-35(23-27-40)33-14-8-4-9-15-33/h3-31H,1-2H3. The minimum atomic E-state index is 0.463. The van der Waals surface area contributed by atoms with Gasteiger partial charge in [-0.05, 0) is 92.0 Å². The highest BCUT2D eigenvalue weighted by molar-refractivity contribution is 6.01. The summed E-state index contributed by atoms with van der Waals surface area (Å²) < 4.78 is 0. The zero-order chi connectivity index (χ0) is 29.9. The molecule has 0 spiro atoms. The third kappa shape index (κ3) is 5.53. The summed E-state index contributed by atoms with van der Waals surface area (Å²) in [5.41, 5.74) is 12.0. The van der Waals surface area contributed by atoms with Crippen molar-refractivity contribution in [3.05, 3.63) is 175 Å². The molecular formula is C43H35N. The average molecular weight is 566 g/mol. The Hall–Kier alpha value is -5.40. The van der Waals surface area contributed by atoms with Crippen molar-refractivity contribution in [3.8, 4) is 33.4 Å². The molecule has 0 aromatic heterocycles. The summed E-state index contributed by atoms with van der Waals surface area (Å²) in [6.45, 7) is 4.52. The molecule has 0 saturated heterocycles. The number of nitrogens with zero attached hydrogens (tertiary/aromatic N) is 1. The first-order chi connectivity index (χ1) is 21.6. The predicted octanol–water partition coefficient (Wildman–Crippen LogP) is 12.4. The number of anilines is 3. The van der Waals surface area contributed by atoms with Crippen LogP contribution in [-0.4, -0.2) is 0 Å². The van der Waals surface area contributed by atoms with Crippen molar-refractivity contribution in [1.82, 2.24) is 0 Å². The monoisotopic (exact) mass is 565 g/mol. The van der Waals surface area contributed by atoms with Crippen molar-refractivity contribution >= 4 is 27.8 Å². The highest BCUT2D eigenvalue weighted by atomic mass is 15.1. The summed E-state index contributed by atoms with van der Waals surface area (Å²) in [7, 11) is 0. The Kier molecular flexibility index (Phi) is 7.53. The summed E-state index contributed by atoms with van der Waals surface area (Å²) in [6, 6.07) is 61.4. The van der Waals surface area contributed by atoms with E-state index in [1.807, 2.05) is 0 Å². The van der Waals surface area contributed by atoms with Crippen LogP contribution >= 0.6 is 0 Å².